The lowest BCUT2D eigenvalue weighted by atomic mass is 9.94. The van der Waals surface area contributed by atoms with Gasteiger partial charge in [-0.15, -0.1) is 0 Å². The molecule has 0 aliphatic heterocycles. The third-order valence-electron chi connectivity index (χ3n) is 6.22. The van der Waals surface area contributed by atoms with E-state index in [1.807, 2.05) is 81.4 Å². The van der Waals surface area contributed by atoms with Gasteiger partial charge in [-0.3, -0.25) is 9.59 Å². The number of para-hydroxylation sites is 1. The monoisotopic (exact) mass is 494 g/mol. The molecule has 5 heteroatoms. The quantitative estimate of drug-likeness (QED) is 0.241. The number of benzene rings is 3. The third kappa shape index (κ3) is 5.78. The number of allylic oxidation sites excluding steroid dienone is 2. The van der Waals surface area contributed by atoms with Crippen LogP contribution in [0, 0.1) is 5.82 Å². The summed E-state index contributed by atoms with van der Waals surface area (Å²) in [5.41, 5.74) is 5.30. The molecule has 0 atom stereocenters. The van der Waals surface area contributed by atoms with Crippen molar-refractivity contribution in [2.45, 2.75) is 39.7 Å². The van der Waals surface area contributed by atoms with Crippen LogP contribution in [0.2, 0.25) is 0 Å². The Balaban J connectivity index is 2.01. The summed E-state index contributed by atoms with van der Waals surface area (Å²) in [5, 5.41) is 3.06. The van der Waals surface area contributed by atoms with Crippen molar-refractivity contribution in [3.63, 3.8) is 0 Å². The maximum Gasteiger partial charge on any atom is 0.258 e. The third-order valence-corrected chi connectivity index (χ3v) is 6.22. The van der Waals surface area contributed by atoms with Gasteiger partial charge < -0.3 is 9.88 Å². The van der Waals surface area contributed by atoms with Gasteiger partial charge in [0.1, 0.15) is 5.82 Å². The molecule has 1 amide bonds. The van der Waals surface area contributed by atoms with Crippen molar-refractivity contribution in [2.75, 3.05) is 5.32 Å². The molecule has 4 aromatic rings. The van der Waals surface area contributed by atoms with Crippen LogP contribution in [0.15, 0.2) is 97.1 Å². The van der Waals surface area contributed by atoms with E-state index < -0.39 is 0 Å². The molecule has 0 unspecified atom stereocenters. The normalized spacial score (nSPS) is 11.3. The fraction of sp³-hybridized carbons (Fsp3) is 0.188. The molecule has 0 aliphatic carbocycles. The molecule has 3 aromatic carbocycles. The molecule has 1 heterocycles. The zero-order chi connectivity index (χ0) is 26.4. The number of halogens is 1. The maximum atomic E-state index is 14.0. The summed E-state index contributed by atoms with van der Waals surface area (Å²) in [6.07, 6.45) is 3.58. The molecule has 1 N–H and O–H groups in total. The van der Waals surface area contributed by atoms with Crippen LogP contribution < -0.4 is 5.32 Å². The van der Waals surface area contributed by atoms with Gasteiger partial charge in [-0.25, -0.2) is 4.39 Å². The van der Waals surface area contributed by atoms with Crippen LogP contribution in [0.4, 0.5) is 10.1 Å². The van der Waals surface area contributed by atoms with Crippen molar-refractivity contribution in [2.24, 2.45) is 0 Å². The van der Waals surface area contributed by atoms with E-state index in [1.165, 1.54) is 12.1 Å². The van der Waals surface area contributed by atoms with Crippen molar-refractivity contribution < 1.29 is 14.0 Å². The first-order chi connectivity index (χ1) is 17.9. The molecule has 4 nitrogen and oxygen atoms in total. The molecule has 0 spiro atoms. The lowest BCUT2D eigenvalue weighted by Crippen LogP contribution is -2.17. The Kier molecular flexibility index (Phi) is 8.14. The number of anilines is 1. The molecule has 0 radical (unpaired) electrons. The Morgan fingerprint density at radius 1 is 0.892 bits per heavy atom. The van der Waals surface area contributed by atoms with Gasteiger partial charge in [-0.2, -0.15) is 0 Å². The Hall–Kier alpha value is -4.25. The van der Waals surface area contributed by atoms with E-state index in [0.29, 0.717) is 17.8 Å². The second-order valence-corrected chi connectivity index (χ2v) is 9.20. The Morgan fingerprint density at radius 2 is 1.51 bits per heavy atom. The SMILES string of the molecule is CC=CC(=O)CCn1c(-c2ccc(F)cc2)c(-c2ccccc2)c(C(=O)Nc2ccccc2)c1C(C)C. The highest BCUT2D eigenvalue weighted by Gasteiger charge is 2.30. The summed E-state index contributed by atoms with van der Waals surface area (Å²) < 4.78 is 16.0. The molecule has 0 saturated carbocycles. The van der Waals surface area contributed by atoms with Crippen LogP contribution in [0.25, 0.3) is 22.4 Å². The molecule has 37 heavy (non-hydrogen) atoms. The number of ketones is 1. The Morgan fingerprint density at radius 3 is 2.11 bits per heavy atom. The first kappa shape index (κ1) is 25.8. The molecule has 0 fully saturated rings. The summed E-state index contributed by atoms with van der Waals surface area (Å²) in [5.74, 6) is -0.578. The standard InChI is InChI=1S/C32H31FN2O2/c1-4-11-27(36)20-21-35-30(22(2)3)29(32(37)34-26-14-9-6-10-15-26)28(23-12-7-5-8-13-23)31(35)24-16-18-25(33)19-17-24/h4-19,22H,20-21H2,1-3H3,(H,34,37). The van der Waals surface area contributed by atoms with Gasteiger partial charge in [0.2, 0.25) is 0 Å². The Labute approximate surface area is 217 Å². The zero-order valence-corrected chi connectivity index (χ0v) is 21.4. The van der Waals surface area contributed by atoms with Crippen molar-refractivity contribution in [3.05, 3.63) is 114 Å². The first-order valence-corrected chi connectivity index (χ1v) is 12.5. The molecule has 1 aromatic heterocycles. The highest BCUT2D eigenvalue weighted by Crippen LogP contribution is 2.42. The van der Waals surface area contributed by atoms with Crippen LogP contribution in [-0.4, -0.2) is 16.3 Å². The molecule has 0 aliphatic rings. The predicted molar refractivity (Wildman–Crippen MR) is 148 cm³/mol. The predicted octanol–water partition coefficient (Wildman–Crippen LogP) is 7.87. The topological polar surface area (TPSA) is 51.1 Å². The Bertz CT molecular complexity index is 1400. The summed E-state index contributed by atoms with van der Waals surface area (Å²) in [6, 6.07) is 25.4. The number of aromatic nitrogens is 1. The average molecular weight is 495 g/mol. The van der Waals surface area contributed by atoms with Gasteiger partial charge in [-0.1, -0.05) is 68.5 Å². The minimum atomic E-state index is -0.336. The second-order valence-electron chi connectivity index (χ2n) is 9.20. The van der Waals surface area contributed by atoms with E-state index in [9.17, 15) is 14.0 Å². The van der Waals surface area contributed by atoms with Crippen molar-refractivity contribution in [1.29, 1.82) is 0 Å². The van der Waals surface area contributed by atoms with E-state index in [2.05, 4.69) is 9.88 Å². The first-order valence-electron chi connectivity index (χ1n) is 12.5. The van der Waals surface area contributed by atoms with Crippen molar-refractivity contribution in [1.82, 2.24) is 4.57 Å². The molecular formula is C32H31FN2O2. The van der Waals surface area contributed by atoms with E-state index in [-0.39, 0.29) is 29.8 Å². The number of hydrogen-bond donors (Lipinski definition) is 1. The van der Waals surface area contributed by atoms with Crippen molar-refractivity contribution >= 4 is 17.4 Å². The fourth-order valence-corrected chi connectivity index (χ4v) is 4.70. The van der Waals surface area contributed by atoms with E-state index in [4.69, 9.17) is 0 Å². The molecule has 0 saturated heterocycles. The number of hydrogen-bond acceptors (Lipinski definition) is 2. The van der Waals surface area contributed by atoms with Crippen LogP contribution in [0.1, 0.15) is 49.2 Å². The maximum absolute atomic E-state index is 14.0. The second kappa shape index (κ2) is 11.7. The molecule has 188 valence electrons. The molecule has 4 rings (SSSR count). The smallest absolute Gasteiger partial charge is 0.258 e. The molecular weight excluding hydrogens is 463 g/mol. The van der Waals surface area contributed by atoms with E-state index in [1.54, 1.807) is 24.3 Å². The zero-order valence-electron chi connectivity index (χ0n) is 21.4. The summed E-state index contributed by atoms with van der Waals surface area (Å²) in [4.78, 5) is 26.5. The minimum Gasteiger partial charge on any atom is -0.343 e. The number of nitrogens with zero attached hydrogens (tertiary/aromatic N) is 1. The molecule has 0 bridgehead atoms. The summed E-state index contributed by atoms with van der Waals surface area (Å²) in [6.45, 7) is 6.29. The highest BCUT2D eigenvalue weighted by atomic mass is 19.1. The number of carbonyl (C=O) groups excluding carboxylic acids is 2. The largest absolute Gasteiger partial charge is 0.343 e. The van der Waals surface area contributed by atoms with Gasteiger partial charge in [0.05, 0.1) is 11.3 Å². The highest BCUT2D eigenvalue weighted by molar-refractivity contribution is 6.12. The summed E-state index contributed by atoms with van der Waals surface area (Å²) >= 11 is 0. The van der Waals surface area contributed by atoms with E-state index >= 15 is 0 Å². The lowest BCUT2D eigenvalue weighted by Gasteiger charge is -2.17. The van der Waals surface area contributed by atoms with Crippen LogP contribution in [0.3, 0.4) is 0 Å². The van der Waals surface area contributed by atoms with Gasteiger partial charge >= 0.3 is 0 Å². The van der Waals surface area contributed by atoms with Crippen LogP contribution in [-0.2, 0) is 11.3 Å². The number of nitrogens with one attached hydrogen (secondary N) is 1. The van der Waals surface area contributed by atoms with Crippen LogP contribution in [0.5, 0.6) is 0 Å². The number of rotatable bonds is 9. The van der Waals surface area contributed by atoms with Crippen LogP contribution >= 0.6 is 0 Å². The number of carbonyl (C=O) groups is 2. The fourth-order valence-electron chi connectivity index (χ4n) is 4.70. The van der Waals surface area contributed by atoms with E-state index in [0.717, 1.165) is 28.1 Å². The van der Waals surface area contributed by atoms with Crippen molar-refractivity contribution in [3.8, 4) is 22.4 Å². The van der Waals surface area contributed by atoms with Gasteiger partial charge in [-0.05, 0) is 66.4 Å². The summed E-state index contributed by atoms with van der Waals surface area (Å²) in [7, 11) is 0. The minimum absolute atomic E-state index is 0.00695. The van der Waals surface area contributed by atoms with Gasteiger partial charge in [0.25, 0.3) is 5.91 Å². The number of amides is 1. The lowest BCUT2D eigenvalue weighted by molar-refractivity contribution is -0.114. The van der Waals surface area contributed by atoms with Gasteiger partial charge in [0.15, 0.2) is 5.78 Å². The average Bonchev–Trinajstić information content (AvgIpc) is 3.25. The van der Waals surface area contributed by atoms with Gasteiger partial charge in [0, 0.05) is 29.9 Å².